The summed E-state index contributed by atoms with van der Waals surface area (Å²) in [5, 5.41) is 4.09. The van der Waals surface area contributed by atoms with Crippen molar-refractivity contribution >= 4 is 62.3 Å². The first-order valence-electron chi connectivity index (χ1n) is 15.2. The van der Waals surface area contributed by atoms with E-state index in [1.54, 1.807) is 55.5 Å². The monoisotopic (exact) mass is 713 g/mol. The number of carbonyl (C=O) groups excluding carboxylic acids is 2. The van der Waals surface area contributed by atoms with Crippen LogP contribution in [0.2, 0.25) is 15.1 Å². The number of sulfonamides is 1. The molecule has 0 aliphatic heterocycles. The van der Waals surface area contributed by atoms with Gasteiger partial charge in [0.15, 0.2) is 0 Å². The second-order valence-electron chi connectivity index (χ2n) is 11.5. The smallest absolute Gasteiger partial charge is 0.264 e. The Balaban J connectivity index is 1.86. The first-order chi connectivity index (χ1) is 22.3. The van der Waals surface area contributed by atoms with E-state index < -0.39 is 28.5 Å². The van der Waals surface area contributed by atoms with E-state index in [4.69, 9.17) is 34.8 Å². The van der Waals surface area contributed by atoms with Crippen molar-refractivity contribution < 1.29 is 18.0 Å². The molecule has 2 atom stereocenters. The van der Waals surface area contributed by atoms with Crippen LogP contribution >= 0.6 is 34.8 Å². The minimum absolute atomic E-state index is 0.0120. The fourth-order valence-corrected chi connectivity index (χ4v) is 7.16. The van der Waals surface area contributed by atoms with Gasteiger partial charge < -0.3 is 10.2 Å². The van der Waals surface area contributed by atoms with Crippen LogP contribution < -0.4 is 9.62 Å². The van der Waals surface area contributed by atoms with Gasteiger partial charge in [0.2, 0.25) is 11.8 Å². The van der Waals surface area contributed by atoms with Gasteiger partial charge in [0.05, 0.1) is 10.6 Å². The zero-order valence-corrected chi connectivity index (χ0v) is 29.8. The Morgan fingerprint density at radius 3 is 2.17 bits per heavy atom. The third kappa shape index (κ3) is 9.08. The zero-order valence-electron chi connectivity index (χ0n) is 26.7. The number of rotatable bonds is 13. The largest absolute Gasteiger partial charge is 0.352 e. The summed E-state index contributed by atoms with van der Waals surface area (Å²) >= 11 is 19.2. The molecule has 0 radical (unpaired) electrons. The Morgan fingerprint density at radius 2 is 1.53 bits per heavy atom. The zero-order chi connectivity index (χ0) is 34.3. The molecule has 0 unspecified atom stereocenters. The molecule has 4 aromatic rings. The molecule has 248 valence electrons. The summed E-state index contributed by atoms with van der Waals surface area (Å²) in [4.78, 5) is 30.1. The van der Waals surface area contributed by atoms with Crippen molar-refractivity contribution in [3.05, 3.63) is 128 Å². The SMILES string of the molecule is CC[C@@H](C)NC(=O)[C@H](Cc1ccccc1)N(Cc1ccc(Cl)cc1Cl)C(=O)CN(c1cccc(Cl)c1C)S(=O)(=O)c1ccc(C)cc1. The number of hydrogen-bond acceptors (Lipinski definition) is 4. The number of carbonyl (C=O) groups is 2. The van der Waals surface area contributed by atoms with Crippen LogP contribution in [-0.2, 0) is 32.6 Å². The van der Waals surface area contributed by atoms with Crippen molar-refractivity contribution in [2.45, 2.75) is 64.1 Å². The maximum Gasteiger partial charge on any atom is 0.264 e. The lowest BCUT2D eigenvalue weighted by molar-refractivity contribution is -0.140. The minimum atomic E-state index is -4.27. The van der Waals surface area contributed by atoms with E-state index in [1.165, 1.54) is 17.0 Å². The van der Waals surface area contributed by atoms with Crippen molar-refractivity contribution in [1.29, 1.82) is 0 Å². The first-order valence-corrected chi connectivity index (χ1v) is 17.8. The van der Waals surface area contributed by atoms with E-state index in [-0.39, 0.29) is 35.5 Å². The summed E-state index contributed by atoms with van der Waals surface area (Å²) in [5.41, 5.74) is 2.99. The summed E-state index contributed by atoms with van der Waals surface area (Å²) in [6.07, 6.45) is 0.859. The van der Waals surface area contributed by atoms with E-state index in [2.05, 4.69) is 5.32 Å². The van der Waals surface area contributed by atoms with Crippen LogP contribution in [0, 0.1) is 13.8 Å². The number of amides is 2. The quantitative estimate of drug-likeness (QED) is 0.152. The van der Waals surface area contributed by atoms with Crippen LogP contribution in [0.25, 0.3) is 0 Å². The molecule has 0 aliphatic rings. The van der Waals surface area contributed by atoms with Gasteiger partial charge in [-0.05, 0) is 80.3 Å². The molecule has 47 heavy (non-hydrogen) atoms. The van der Waals surface area contributed by atoms with Gasteiger partial charge in [0, 0.05) is 34.1 Å². The summed E-state index contributed by atoms with van der Waals surface area (Å²) in [6, 6.07) is 24.4. The van der Waals surface area contributed by atoms with Crippen LogP contribution in [0.15, 0.2) is 95.9 Å². The average molecular weight is 715 g/mol. The first kappa shape index (κ1) is 36.3. The van der Waals surface area contributed by atoms with E-state index in [0.717, 1.165) is 15.4 Å². The maximum atomic E-state index is 14.7. The van der Waals surface area contributed by atoms with E-state index >= 15 is 0 Å². The molecule has 0 spiro atoms. The number of nitrogens with zero attached hydrogens (tertiary/aromatic N) is 2. The van der Waals surface area contributed by atoms with Gasteiger partial charge in [-0.3, -0.25) is 13.9 Å². The summed E-state index contributed by atoms with van der Waals surface area (Å²) < 4.78 is 29.6. The second-order valence-corrected chi connectivity index (χ2v) is 14.6. The highest BCUT2D eigenvalue weighted by atomic mass is 35.5. The Hall–Kier alpha value is -3.56. The number of benzene rings is 4. The topological polar surface area (TPSA) is 86.8 Å². The standard InChI is InChI=1S/C36H38Cl3N3O4S/c1-5-25(3)40-36(44)34(20-27-10-7-6-8-11-27)41(22-28-16-17-29(37)21-32(28)39)35(43)23-42(33-13-9-12-31(38)26(33)4)47(45,46)30-18-14-24(2)15-19-30/h6-19,21,25,34H,5,20,22-23H2,1-4H3,(H,40,44)/t25-,34+/m1/s1. The van der Waals surface area contributed by atoms with Crippen LogP contribution in [0.4, 0.5) is 5.69 Å². The highest BCUT2D eigenvalue weighted by molar-refractivity contribution is 7.92. The number of nitrogens with one attached hydrogen (secondary N) is 1. The van der Waals surface area contributed by atoms with Crippen LogP contribution in [0.1, 0.15) is 42.5 Å². The fourth-order valence-electron chi connectivity index (χ4n) is 5.05. The van der Waals surface area contributed by atoms with E-state index in [9.17, 15) is 18.0 Å². The molecule has 4 rings (SSSR count). The number of anilines is 1. The highest BCUT2D eigenvalue weighted by Crippen LogP contribution is 2.32. The molecule has 4 aromatic carbocycles. The molecule has 0 saturated carbocycles. The van der Waals surface area contributed by atoms with Crippen LogP contribution in [0.3, 0.4) is 0 Å². The molecule has 1 N–H and O–H groups in total. The van der Waals surface area contributed by atoms with Gasteiger partial charge in [-0.2, -0.15) is 0 Å². The molecule has 0 aromatic heterocycles. The summed E-state index contributed by atoms with van der Waals surface area (Å²) in [6.45, 7) is 6.71. The number of hydrogen-bond donors (Lipinski definition) is 1. The molecular formula is C36H38Cl3N3O4S. The molecule has 0 saturated heterocycles. The van der Waals surface area contributed by atoms with Gasteiger partial charge in [0.25, 0.3) is 10.0 Å². The van der Waals surface area contributed by atoms with Gasteiger partial charge in [-0.1, -0.05) is 102 Å². The number of halogens is 3. The predicted molar refractivity (Wildman–Crippen MR) is 191 cm³/mol. The van der Waals surface area contributed by atoms with Gasteiger partial charge in [-0.15, -0.1) is 0 Å². The van der Waals surface area contributed by atoms with E-state index in [1.807, 2.05) is 51.1 Å². The lowest BCUT2D eigenvalue weighted by Gasteiger charge is -2.35. The van der Waals surface area contributed by atoms with Crippen molar-refractivity contribution in [3.63, 3.8) is 0 Å². The predicted octanol–water partition coefficient (Wildman–Crippen LogP) is 8.01. The van der Waals surface area contributed by atoms with Gasteiger partial charge in [0.1, 0.15) is 12.6 Å². The third-order valence-corrected chi connectivity index (χ3v) is 10.8. The molecule has 11 heteroatoms. The van der Waals surface area contributed by atoms with Gasteiger partial charge >= 0.3 is 0 Å². The molecule has 0 heterocycles. The van der Waals surface area contributed by atoms with E-state index in [0.29, 0.717) is 32.6 Å². The van der Waals surface area contributed by atoms with Crippen LogP contribution in [0.5, 0.6) is 0 Å². The molecule has 0 fully saturated rings. The Morgan fingerprint density at radius 1 is 0.851 bits per heavy atom. The highest BCUT2D eigenvalue weighted by Gasteiger charge is 2.35. The fraction of sp³-hybridized carbons (Fsp3) is 0.278. The normalized spacial score (nSPS) is 12.7. The lowest BCUT2D eigenvalue weighted by Crippen LogP contribution is -2.54. The molecule has 0 aliphatic carbocycles. The van der Waals surface area contributed by atoms with Crippen molar-refractivity contribution in [1.82, 2.24) is 10.2 Å². The Kier molecular flexibility index (Phi) is 12.4. The van der Waals surface area contributed by atoms with Crippen molar-refractivity contribution in [3.8, 4) is 0 Å². The lowest BCUT2D eigenvalue weighted by atomic mass is 10.0. The average Bonchev–Trinajstić information content (AvgIpc) is 3.04. The molecular weight excluding hydrogens is 677 g/mol. The maximum absolute atomic E-state index is 14.7. The molecule has 2 amide bonds. The Bertz CT molecular complexity index is 1820. The summed E-state index contributed by atoms with van der Waals surface area (Å²) in [5.74, 6) is -0.972. The molecule has 0 bridgehead atoms. The van der Waals surface area contributed by atoms with Gasteiger partial charge in [-0.25, -0.2) is 8.42 Å². The van der Waals surface area contributed by atoms with Crippen molar-refractivity contribution in [2.75, 3.05) is 10.8 Å². The Labute approximate surface area is 292 Å². The molecule has 7 nitrogen and oxygen atoms in total. The van der Waals surface area contributed by atoms with Crippen LogP contribution in [-0.4, -0.2) is 43.8 Å². The van der Waals surface area contributed by atoms with Crippen molar-refractivity contribution in [2.24, 2.45) is 0 Å². The third-order valence-electron chi connectivity index (χ3n) is 8.02. The second kappa shape index (κ2) is 16.0. The minimum Gasteiger partial charge on any atom is -0.352 e. The number of aryl methyl sites for hydroxylation is 1. The summed E-state index contributed by atoms with van der Waals surface area (Å²) in [7, 11) is -4.27.